The molecule has 5 heterocycles. The monoisotopic (exact) mass is 659 g/mol. The second kappa shape index (κ2) is 11.8. The van der Waals surface area contributed by atoms with Crippen LogP contribution in [0.5, 0.6) is 5.75 Å². The highest BCUT2D eigenvalue weighted by molar-refractivity contribution is 6.34. The summed E-state index contributed by atoms with van der Waals surface area (Å²) in [6.45, 7) is 13.5. The molecule has 1 saturated heterocycles. The lowest BCUT2D eigenvalue weighted by atomic mass is 9.97. The second-order valence-electron chi connectivity index (χ2n) is 12.6. The minimum absolute atomic E-state index is 0.0207. The van der Waals surface area contributed by atoms with Gasteiger partial charge in [0.1, 0.15) is 29.6 Å². The van der Waals surface area contributed by atoms with E-state index in [0.717, 1.165) is 0 Å². The number of amides is 2. The first-order valence-electron chi connectivity index (χ1n) is 15.4. The maximum atomic E-state index is 15.3. The minimum Gasteiger partial charge on any atom is -0.507 e. The summed E-state index contributed by atoms with van der Waals surface area (Å²) in [5.74, 6) is -2.08. The fraction of sp³-hybridized carbons (Fsp3) is 0.353. The van der Waals surface area contributed by atoms with Crippen LogP contribution >= 0.6 is 11.6 Å². The smallest absolute Gasteiger partial charge is 0.283 e. The summed E-state index contributed by atoms with van der Waals surface area (Å²) >= 11 is 6.86. The van der Waals surface area contributed by atoms with Crippen molar-refractivity contribution in [2.24, 2.45) is 0 Å². The molecule has 2 aliphatic rings. The molecular weight excluding hydrogens is 625 g/mol. The van der Waals surface area contributed by atoms with Crippen LogP contribution in [0.15, 0.2) is 48.0 Å². The summed E-state index contributed by atoms with van der Waals surface area (Å²) in [5, 5.41) is 11.2. The molecule has 2 amide bonds. The Kier molecular flexibility index (Phi) is 8.03. The molecule has 4 aromatic rings. The number of pyridine rings is 2. The molecule has 0 spiro atoms. The number of carbonyl (C=O) groups is 2. The summed E-state index contributed by atoms with van der Waals surface area (Å²) < 4.78 is 16.7. The molecule has 11 nitrogen and oxygen atoms in total. The van der Waals surface area contributed by atoms with Gasteiger partial charge < -0.3 is 19.8 Å². The predicted molar refractivity (Wildman–Crippen MR) is 179 cm³/mol. The number of fused-ring (bicyclic) bond motifs is 5. The quantitative estimate of drug-likeness (QED) is 0.292. The van der Waals surface area contributed by atoms with Gasteiger partial charge in [-0.05, 0) is 43.0 Å². The number of hydrogen-bond donors (Lipinski definition) is 1. The Balaban J connectivity index is 1.78. The highest BCUT2D eigenvalue weighted by Gasteiger charge is 2.46. The van der Waals surface area contributed by atoms with Gasteiger partial charge >= 0.3 is 0 Å². The van der Waals surface area contributed by atoms with Crippen LogP contribution in [0.2, 0.25) is 5.02 Å². The number of aromatic hydroxyl groups is 1. The fourth-order valence-electron chi connectivity index (χ4n) is 6.65. The van der Waals surface area contributed by atoms with Crippen molar-refractivity contribution in [3.8, 4) is 22.7 Å². The number of anilines is 2. The Hall–Kier alpha value is -4.84. The van der Waals surface area contributed by atoms with Crippen molar-refractivity contribution >= 4 is 45.8 Å². The van der Waals surface area contributed by atoms with Crippen molar-refractivity contribution in [1.29, 1.82) is 0 Å². The van der Waals surface area contributed by atoms with E-state index in [9.17, 15) is 19.5 Å². The molecule has 1 fully saturated rings. The first-order chi connectivity index (χ1) is 22.3. The highest BCUT2D eigenvalue weighted by atomic mass is 35.5. The number of nitrogens with zero attached hydrogens (tertiary/aromatic N) is 7. The third kappa shape index (κ3) is 4.93. The van der Waals surface area contributed by atoms with Crippen LogP contribution in [-0.4, -0.2) is 73.6 Å². The number of likely N-dealkylation sites (N-methyl/N-ethyl adjacent to an activating group) is 1. The Morgan fingerprint density at radius 2 is 1.74 bits per heavy atom. The van der Waals surface area contributed by atoms with Crippen molar-refractivity contribution in [3.63, 3.8) is 0 Å². The number of piperazine rings is 1. The maximum Gasteiger partial charge on any atom is 0.283 e. The standard InChI is InChI=1S/C34H35ClFN7O4/c1-8-24(45)41-14-22-33(46)40(7)31-29(42(22)13-18(41)6)19-12-20(35)28(25-21(36)10-9-11-23(25)44)39-32(19)43(34(31)47)30-26(16(2)3)37-15-38-27(30)17(4)5/h8-12,15-18,22,44H,1,13-14H2,2-7H3/t18-,22-/m1/s1. The lowest BCUT2D eigenvalue weighted by molar-refractivity contribution is -0.130. The van der Waals surface area contributed by atoms with Crippen molar-refractivity contribution in [2.45, 2.75) is 58.5 Å². The number of phenolic OH excluding ortho intramolecular Hbond substituents is 1. The normalized spacial score (nSPS) is 17.8. The van der Waals surface area contributed by atoms with Gasteiger partial charge in [-0.2, -0.15) is 0 Å². The molecule has 6 rings (SSSR count). The van der Waals surface area contributed by atoms with E-state index in [4.69, 9.17) is 16.6 Å². The van der Waals surface area contributed by atoms with Crippen molar-refractivity contribution in [2.75, 3.05) is 29.9 Å². The number of rotatable bonds is 5. The number of carbonyl (C=O) groups excluding carboxylic acids is 2. The first-order valence-corrected chi connectivity index (χ1v) is 15.8. The highest BCUT2D eigenvalue weighted by Crippen LogP contribution is 2.45. The molecule has 1 aromatic carbocycles. The summed E-state index contributed by atoms with van der Waals surface area (Å²) in [6.07, 6.45) is 2.67. The van der Waals surface area contributed by atoms with Gasteiger partial charge in [-0.15, -0.1) is 0 Å². The Labute approximate surface area is 275 Å². The third-order valence-electron chi connectivity index (χ3n) is 8.91. The Morgan fingerprint density at radius 1 is 1.09 bits per heavy atom. The second-order valence-corrected chi connectivity index (χ2v) is 13.0. The Morgan fingerprint density at radius 3 is 2.34 bits per heavy atom. The molecular formula is C34H35ClFN7O4. The summed E-state index contributed by atoms with van der Waals surface area (Å²) in [5.41, 5.74) is 1.35. The molecule has 0 radical (unpaired) electrons. The number of halogens is 2. The zero-order valence-electron chi connectivity index (χ0n) is 27.0. The third-order valence-corrected chi connectivity index (χ3v) is 9.20. The van der Waals surface area contributed by atoms with Gasteiger partial charge in [0.15, 0.2) is 5.65 Å². The molecule has 2 aliphatic heterocycles. The summed E-state index contributed by atoms with van der Waals surface area (Å²) in [7, 11) is 1.53. The van der Waals surface area contributed by atoms with Crippen LogP contribution in [0, 0.1) is 5.82 Å². The lowest BCUT2D eigenvalue weighted by Crippen LogP contribution is -2.66. The van der Waals surface area contributed by atoms with Gasteiger partial charge in [0.2, 0.25) is 5.91 Å². The topological polar surface area (TPSA) is 125 Å². The molecule has 13 heteroatoms. The molecule has 3 aromatic heterocycles. The van der Waals surface area contributed by atoms with E-state index in [-0.39, 0.29) is 76.1 Å². The van der Waals surface area contributed by atoms with Gasteiger partial charge in [0, 0.05) is 25.0 Å². The minimum atomic E-state index is -0.808. The molecule has 244 valence electrons. The molecule has 0 unspecified atom stereocenters. The average Bonchev–Trinajstić information content (AvgIpc) is 3.02. The molecule has 0 bridgehead atoms. The molecule has 2 atom stereocenters. The summed E-state index contributed by atoms with van der Waals surface area (Å²) in [6, 6.07) is 4.32. The fourth-order valence-corrected chi connectivity index (χ4v) is 6.90. The van der Waals surface area contributed by atoms with Gasteiger partial charge in [-0.25, -0.2) is 19.3 Å². The van der Waals surface area contributed by atoms with E-state index in [2.05, 4.69) is 16.5 Å². The van der Waals surface area contributed by atoms with Gasteiger partial charge in [-0.1, -0.05) is 51.9 Å². The zero-order chi connectivity index (χ0) is 34.1. The van der Waals surface area contributed by atoms with E-state index >= 15 is 4.39 Å². The molecule has 0 aliphatic carbocycles. The van der Waals surface area contributed by atoms with E-state index < -0.39 is 17.4 Å². The van der Waals surface area contributed by atoms with Gasteiger partial charge in [0.25, 0.3) is 11.5 Å². The van der Waals surface area contributed by atoms with Crippen molar-refractivity contribution in [3.05, 3.63) is 75.8 Å². The lowest BCUT2D eigenvalue weighted by Gasteiger charge is -2.49. The molecule has 1 N–H and O–H groups in total. The molecule has 47 heavy (non-hydrogen) atoms. The predicted octanol–water partition coefficient (Wildman–Crippen LogP) is 5.16. The summed E-state index contributed by atoms with van der Waals surface area (Å²) in [4.78, 5) is 60.4. The Bertz CT molecular complexity index is 2000. The van der Waals surface area contributed by atoms with Crippen LogP contribution in [0.4, 0.5) is 15.8 Å². The van der Waals surface area contributed by atoms with Crippen LogP contribution in [0.25, 0.3) is 28.0 Å². The van der Waals surface area contributed by atoms with Crippen LogP contribution < -0.4 is 15.4 Å². The van der Waals surface area contributed by atoms with Crippen LogP contribution in [0.3, 0.4) is 0 Å². The SMILES string of the molecule is C=CC(=O)N1C[C@@H]2C(=O)N(C)c3c(c4cc(Cl)c(-c5c(O)cccc5F)nc4n(-c4c(C(C)C)ncnc4C(C)C)c3=O)N2C[C@H]1C. The maximum absolute atomic E-state index is 15.3. The van der Waals surface area contributed by atoms with E-state index in [1.165, 1.54) is 47.1 Å². The zero-order valence-corrected chi connectivity index (χ0v) is 27.7. The van der Waals surface area contributed by atoms with E-state index in [0.29, 0.717) is 28.1 Å². The number of benzene rings is 1. The largest absolute Gasteiger partial charge is 0.507 e. The van der Waals surface area contributed by atoms with Crippen molar-refractivity contribution in [1.82, 2.24) is 24.4 Å². The average molecular weight is 660 g/mol. The first kappa shape index (κ1) is 32.1. The van der Waals surface area contributed by atoms with E-state index in [1.54, 1.807) is 11.0 Å². The van der Waals surface area contributed by atoms with Gasteiger partial charge in [-0.3, -0.25) is 19.0 Å². The number of hydrogen-bond acceptors (Lipinski definition) is 8. The molecule has 0 saturated carbocycles. The number of phenols is 1. The van der Waals surface area contributed by atoms with E-state index in [1.807, 2.05) is 39.5 Å². The number of aromatic nitrogens is 4. The van der Waals surface area contributed by atoms with Crippen molar-refractivity contribution < 1.29 is 19.1 Å². The van der Waals surface area contributed by atoms with Crippen LogP contribution in [-0.2, 0) is 9.59 Å². The van der Waals surface area contributed by atoms with Crippen LogP contribution in [0.1, 0.15) is 57.8 Å². The van der Waals surface area contributed by atoms with Gasteiger partial charge in [0.05, 0.1) is 45.6 Å².